The Morgan fingerprint density at radius 1 is 1.41 bits per heavy atom. The number of nitrogens with two attached hydrogens (primary N) is 1. The van der Waals surface area contributed by atoms with Crippen LogP contribution in [0.1, 0.15) is 18.4 Å². The van der Waals surface area contributed by atoms with Crippen LogP contribution in [0.5, 0.6) is 0 Å². The van der Waals surface area contributed by atoms with Crippen LogP contribution in [0.4, 0.5) is 9.18 Å². The molecule has 1 fully saturated rings. The quantitative estimate of drug-likeness (QED) is 0.840. The average Bonchev–Trinajstić information content (AvgIpc) is 2.32. The molecular weight excluding hydrogens is 219 g/mol. The standard InChI is InChI=1S/C13H17FN2O/c14-12-5-3-10(4-6-12)8-11-2-1-7-16(9-11)13(15)17/h3-6,11H,1-2,7-9H2,(H2,15,17)/t11-/m0/s1. The van der Waals surface area contributed by atoms with Crippen molar-refractivity contribution in [3.63, 3.8) is 0 Å². The molecule has 1 aliphatic rings. The monoisotopic (exact) mass is 236 g/mol. The average molecular weight is 236 g/mol. The van der Waals surface area contributed by atoms with Crippen molar-refractivity contribution in [2.75, 3.05) is 13.1 Å². The maximum Gasteiger partial charge on any atom is 0.314 e. The lowest BCUT2D eigenvalue weighted by molar-refractivity contribution is 0.173. The van der Waals surface area contributed by atoms with Crippen molar-refractivity contribution in [2.45, 2.75) is 19.3 Å². The number of likely N-dealkylation sites (tertiary alicyclic amines) is 1. The Kier molecular flexibility index (Phi) is 3.61. The number of carbonyl (C=O) groups excluding carboxylic acids is 1. The van der Waals surface area contributed by atoms with Crippen molar-refractivity contribution in [2.24, 2.45) is 11.7 Å². The normalized spacial score (nSPS) is 20.3. The summed E-state index contributed by atoms with van der Waals surface area (Å²) in [5, 5.41) is 0. The second kappa shape index (κ2) is 5.17. The maximum absolute atomic E-state index is 12.8. The van der Waals surface area contributed by atoms with Crippen molar-refractivity contribution in [3.05, 3.63) is 35.6 Å². The first-order valence-electron chi connectivity index (χ1n) is 5.94. The van der Waals surface area contributed by atoms with Crippen molar-refractivity contribution >= 4 is 6.03 Å². The zero-order valence-corrected chi connectivity index (χ0v) is 9.73. The third kappa shape index (κ3) is 3.19. The van der Waals surface area contributed by atoms with Gasteiger partial charge >= 0.3 is 6.03 Å². The van der Waals surface area contributed by atoms with Crippen LogP contribution in [0, 0.1) is 11.7 Å². The van der Waals surface area contributed by atoms with Crippen molar-refractivity contribution in [1.82, 2.24) is 4.90 Å². The Labute approximate surface area is 100 Å². The van der Waals surface area contributed by atoms with Gasteiger partial charge in [-0.25, -0.2) is 9.18 Å². The van der Waals surface area contributed by atoms with E-state index < -0.39 is 0 Å². The number of halogens is 1. The first kappa shape index (κ1) is 11.9. The number of hydrogen-bond donors (Lipinski definition) is 1. The third-order valence-corrected chi connectivity index (χ3v) is 3.27. The van der Waals surface area contributed by atoms with Gasteiger partial charge in [-0.05, 0) is 42.9 Å². The number of rotatable bonds is 2. The van der Waals surface area contributed by atoms with Crippen LogP contribution in [-0.4, -0.2) is 24.0 Å². The van der Waals surface area contributed by atoms with Crippen molar-refractivity contribution < 1.29 is 9.18 Å². The lowest BCUT2D eigenvalue weighted by Gasteiger charge is -2.31. The molecule has 1 aliphatic heterocycles. The Balaban J connectivity index is 1.94. The van der Waals surface area contributed by atoms with Gasteiger partial charge in [-0.3, -0.25) is 0 Å². The van der Waals surface area contributed by atoms with E-state index in [0.29, 0.717) is 12.5 Å². The van der Waals surface area contributed by atoms with Crippen LogP contribution in [0.3, 0.4) is 0 Å². The second-order valence-electron chi connectivity index (χ2n) is 4.62. The molecule has 0 unspecified atom stereocenters. The molecule has 0 aromatic heterocycles. The summed E-state index contributed by atoms with van der Waals surface area (Å²) in [4.78, 5) is 12.8. The number of piperidine rings is 1. The minimum absolute atomic E-state index is 0.212. The van der Waals surface area contributed by atoms with Gasteiger partial charge in [0.1, 0.15) is 5.82 Å². The largest absolute Gasteiger partial charge is 0.351 e. The minimum Gasteiger partial charge on any atom is -0.351 e. The van der Waals surface area contributed by atoms with Gasteiger partial charge < -0.3 is 10.6 Å². The van der Waals surface area contributed by atoms with Crippen LogP contribution in [0.25, 0.3) is 0 Å². The molecule has 0 aliphatic carbocycles. The molecule has 3 nitrogen and oxygen atoms in total. The van der Waals surface area contributed by atoms with Gasteiger partial charge in [0.15, 0.2) is 0 Å². The van der Waals surface area contributed by atoms with E-state index in [0.717, 1.165) is 31.4 Å². The molecule has 1 atom stereocenters. The zero-order chi connectivity index (χ0) is 12.3. The highest BCUT2D eigenvalue weighted by Gasteiger charge is 2.22. The van der Waals surface area contributed by atoms with E-state index in [-0.39, 0.29) is 11.8 Å². The van der Waals surface area contributed by atoms with Crippen LogP contribution < -0.4 is 5.73 Å². The smallest absolute Gasteiger partial charge is 0.314 e. The molecule has 0 bridgehead atoms. The molecule has 0 spiro atoms. The molecule has 1 saturated heterocycles. The highest BCUT2D eigenvalue weighted by molar-refractivity contribution is 5.72. The molecule has 92 valence electrons. The van der Waals surface area contributed by atoms with Crippen LogP contribution in [0.15, 0.2) is 24.3 Å². The topological polar surface area (TPSA) is 46.3 Å². The number of primary amides is 1. The number of benzene rings is 1. The fraction of sp³-hybridized carbons (Fsp3) is 0.462. The number of hydrogen-bond acceptors (Lipinski definition) is 1. The maximum atomic E-state index is 12.8. The summed E-state index contributed by atoms with van der Waals surface area (Å²) in [6, 6.07) is 6.22. The first-order chi connectivity index (χ1) is 8.15. The SMILES string of the molecule is NC(=O)N1CCC[C@@H](Cc2ccc(F)cc2)C1. The molecular formula is C13H17FN2O. The second-order valence-corrected chi connectivity index (χ2v) is 4.62. The molecule has 0 saturated carbocycles. The van der Waals surface area contributed by atoms with E-state index in [9.17, 15) is 9.18 Å². The van der Waals surface area contributed by atoms with E-state index in [1.165, 1.54) is 12.1 Å². The van der Waals surface area contributed by atoms with Crippen LogP contribution in [-0.2, 0) is 6.42 Å². The van der Waals surface area contributed by atoms with Crippen LogP contribution in [0.2, 0.25) is 0 Å². The number of amides is 2. The highest BCUT2D eigenvalue weighted by atomic mass is 19.1. The molecule has 2 amide bonds. The van der Waals surface area contributed by atoms with E-state index in [1.54, 1.807) is 17.0 Å². The third-order valence-electron chi connectivity index (χ3n) is 3.27. The number of urea groups is 1. The van der Waals surface area contributed by atoms with Crippen LogP contribution >= 0.6 is 0 Å². The van der Waals surface area contributed by atoms with Gasteiger partial charge in [0.25, 0.3) is 0 Å². The Morgan fingerprint density at radius 2 is 2.12 bits per heavy atom. The summed E-state index contributed by atoms with van der Waals surface area (Å²) in [5.74, 6) is 0.220. The molecule has 2 rings (SSSR count). The zero-order valence-electron chi connectivity index (χ0n) is 9.73. The fourth-order valence-corrected chi connectivity index (χ4v) is 2.39. The summed E-state index contributed by atoms with van der Waals surface area (Å²) in [6.07, 6.45) is 2.97. The van der Waals surface area contributed by atoms with E-state index >= 15 is 0 Å². The predicted molar refractivity (Wildman–Crippen MR) is 64.0 cm³/mol. The minimum atomic E-state index is -0.339. The molecule has 1 aromatic rings. The molecule has 1 aromatic carbocycles. The number of nitrogens with zero attached hydrogens (tertiary/aromatic N) is 1. The summed E-state index contributed by atoms with van der Waals surface area (Å²) in [7, 11) is 0. The van der Waals surface area contributed by atoms with Crippen molar-refractivity contribution in [3.8, 4) is 0 Å². The highest BCUT2D eigenvalue weighted by Crippen LogP contribution is 2.20. The van der Waals surface area contributed by atoms with E-state index in [4.69, 9.17) is 5.73 Å². The summed E-state index contributed by atoms with van der Waals surface area (Å²) >= 11 is 0. The molecule has 1 heterocycles. The Morgan fingerprint density at radius 3 is 2.76 bits per heavy atom. The van der Waals surface area contributed by atoms with Gasteiger partial charge in [-0.15, -0.1) is 0 Å². The molecule has 4 heteroatoms. The number of carbonyl (C=O) groups is 1. The predicted octanol–water partition coefficient (Wildman–Crippen LogP) is 2.16. The summed E-state index contributed by atoms with van der Waals surface area (Å²) in [5.41, 5.74) is 6.39. The van der Waals surface area contributed by atoms with Gasteiger partial charge in [0.2, 0.25) is 0 Å². The molecule has 17 heavy (non-hydrogen) atoms. The van der Waals surface area contributed by atoms with E-state index in [2.05, 4.69) is 0 Å². The van der Waals surface area contributed by atoms with Gasteiger partial charge in [0.05, 0.1) is 0 Å². The molecule has 2 N–H and O–H groups in total. The van der Waals surface area contributed by atoms with E-state index in [1.807, 2.05) is 0 Å². The fourth-order valence-electron chi connectivity index (χ4n) is 2.39. The lowest BCUT2D eigenvalue weighted by Crippen LogP contribution is -2.43. The Hall–Kier alpha value is -1.58. The van der Waals surface area contributed by atoms with Crippen molar-refractivity contribution in [1.29, 1.82) is 0 Å². The van der Waals surface area contributed by atoms with Gasteiger partial charge in [-0.2, -0.15) is 0 Å². The molecule has 0 radical (unpaired) electrons. The Bertz CT molecular complexity index is 391. The van der Waals surface area contributed by atoms with Gasteiger partial charge in [-0.1, -0.05) is 12.1 Å². The van der Waals surface area contributed by atoms with Gasteiger partial charge in [0, 0.05) is 13.1 Å². The lowest BCUT2D eigenvalue weighted by atomic mass is 9.91. The summed E-state index contributed by atoms with van der Waals surface area (Å²) < 4.78 is 12.8. The summed E-state index contributed by atoms with van der Waals surface area (Å²) in [6.45, 7) is 1.47. The first-order valence-corrected chi connectivity index (χ1v) is 5.94.